The molecule has 1 aliphatic rings. The number of unbranched alkanes of at least 4 members (excludes halogenated alkanes) is 10. The van der Waals surface area contributed by atoms with Gasteiger partial charge in [-0.3, -0.25) is 9.59 Å². The first-order chi connectivity index (χ1) is 14.6. The Bertz CT molecular complexity index is 454. The number of carbonyl (C=O) groups is 2. The van der Waals surface area contributed by atoms with E-state index in [9.17, 15) is 9.59 Å². The minimum Gasteiger partial charge on any atom is -0.353 e. The van der Waals surface area contributed by atoms with E-state index in [0.717, 1.165) is 44.7 Å². The number of carbonyl (C=O) groups excluding carboxylic acids is 2. The molecule has 0 aromatic rings. The van der Waals surface area contributed by atoms with E-state index in [1.165, 1.54) is 64.2 Å². The van der Waals surface area contributed by atoms with Gasteiger partial charge in [0.25, 0.3) is 0 Å². The number of nitrogens with one attached hydrogen (secondary N) is 2. The molecule has 0 saturated carbocycles. The summed E-state index contributed by atoms with van der Waals surface area (Å²) in [5, 5.41) is 5.96. The molecule has 0 bridgehead atoms. The maximum atomic E-state index is 12.5. The summed E-state index contributed by atoms with van der Waals surface area (Å²) in [5.41, 5.74) is 0. The Kier molecular flexibility index (Phi) is 15.8. The van der Waals surface area contributed by atoms with Crippen LogP contribution in [0.15, 0.2) is 0 Å². The van der Waals surface area contributed by atoms with Crippen molar-refractivity contribution in [2.45, 2.75) is 116 Å². The van der Waals surface area contributed by atoms with Gasteiger partial charge in [0.15, 0.2) is 0 Å². The van der Waals surface area contributed by atoms with Gasteiger partial charge in [-0.2, -0.15) is 0 Å². The second-order valence-corrected chi connectivity index (χ2v) is 9.46. The Morgan fingerprint density at radius 3 is 2.00 bits per heavy atom. The first-order valence-corrected chi connectivity index (χ1v) is 12.8. The minimum atomic E-state index is -0.250. The van der Waals surface area contributed by atoms with Gasteiger partial charge in [-0.1, -0.05) is 84.5 Å². The van der Waals surface area contributed by atoms with E-state index in [4.69, 9.17) is 0 Å². The molecule has 1 heterocycles. The van der Waals surface area contributed by atoms with Gasteiger partial charge in [0.05, 0.1) is 0 Å². The molecule has 0 radical (unpaired) electrons. The van der Waals surface area contributed by atoms with Crippen LogP contribution in [0.3, 0.4) is 0 Å². The van der Waals surface area contributed by atoms with E-state index in [1.807, 2.05) is 11.9 Å². The molecule has 1 aliphatic heterocycles. The summed E-state index contributed by atoms with van der Waals surface area (Å²) in [7, 11) is 1.87. The summed E-state index contributed by atoms with van der Waals surface area (Å²) in [6.45, 7) is 6.73. The molecule has 5 nitrogen and oxygen atoms in total. The number of hydrogen-bond donors (Lipinski definition) is 2. The number of rotatable bonds is 18. The van der Waals surface area contributed by atoms with Gasteiger partial charge in [0, 0.05) is 26.1 Å². The van der Waals surface area contributed by atoms with Crippen LogP contribution >= 0.6 is 0 Å². The molecule has 1 atom stereocenters. The maximum Gasteiger partial charge on any atom is 0.242 e. The van der Waals surface area contributed by atoms with Crippen molar-refractivity contribution in [2.24, 2.45) is 5.92 Å². The second kappa shape index (κ2) is 17.6. The zero-order valence-electron chi connectivity index (χ0n) is 20.1. The maximum absolute atomic E-state index is 12.5. The third kappa shape index (κ3) is 12.6. The van der Waals surface area contributed by atoms with Gasteiger partial charge in [-0.25, -0.2) is 0 Å². The molecule has 5 heteroatoms. The molecule has 0 spiro atoms. The van der Waals surface area contributed by atoms with Crippen molar-refractivity contribution < 1.29 is 9.59 Å². The third-order valence-corrected chi connectivity index (χ3v) is 6.22. The first kappa shape index (κ1) is 26.9. The first-order valence-electron chi connectivity index (χ1n) is 12.8. The van der Waals surface area contributed by atoms with Crippen molar-refractivity contribution in [3.05, 3.63) is 0 Å². The largest absolute Gasteiger partial charge is 0.353 e. The van der Waals surface area contributed by atoms with Gasteiger partial charge in [0.2, 0.25) is 11.8 Å². The predicted octanol–water partition coefficient (Wildman–Crippen LogP) is 5.04. The average Bonchev–Trinajstić information content (AvgIpc) is 3.21. The van der Waals surface area contributed by atoms with Crippen LogP contribution in [0.4, 0.5) is 0 Å². The number of nitrogens with zero attached hydrogens (tertiary/aromatic N) is 1. The predicted molar refractivity (Wildman–Crippen MR) is 127 cm³/mol. The van der Waals surface area contributed by atoms with E-state index in [2.05, 4.69) is 24.5 Å². The number of hydrogen-bond acceptors (Lipinski definition) is 3. The van der Waals surface area contributed by atoms with Gasteiger partial charge in [0.1, 0.15) is 6.04 Å². The van der Waals surface area contributed by atoms with Crippen LogP contribution in [0.1, 0.15) is 110 Å². The Hall–Kier alpha value is -1.10. The zero-order chi connectivity index (χ0) is 22.0. The Morgan fingerprint density at radius 1 is 0.867 bits per heavy atom. The molecular formula is C25H49N3O2. The van der Waals surface area contributed by atoms with Crippen LogP contribution in [0.2, 0.25) is 0 Å². The lowest BCUT2D eigenvalue weighted by molar-refractivity contribution is -0.138. The van der Waals surface area contributed by atoms with Crippen molar-refractivity contribution in [1.29, 1.82) is 0 Å². The highest BCUT2D eigenvalue weighted by Gasteiger charge is 2.33. The van der Waals surface area contributed by atoms with E-state index >= 15 is 0 Å². The Morgan fingerprint density at radius 2 is 1.43 bits per heavy atom. The summed E-state index contributed by atoms with van der Waals surface area (Å²) >= 11 is 0. The minimum absolute atomic E-state index is 0.0102. The summed E-state index contributed by atoms with van der Waals surface area (Å²) in [5.74, 6) is 1.03. The standard InChI is InChI=1S/C25H49N3O2/c1-22(2)16-13-11-9-7-5-4-6-8-10-12-14-18-24(29)28-21-15-17-23(28)25(30)27-20-19-26-3/h22-23,26H,4-21H2,1-3H3,(H,27,30). The second-order valence-electron chi connectivity index (χ2n) is 9.46. The van der Waals surface area contributed by atoms with Gasteiger partial charge in [-0.05, 0) is 32.2 Å². The molecule has 0 aromatic heterocycles. The molecule has 30 heavy (non-hydrogen) atoms. The van der Waals surface area contributed by atoms with Crippen molar-refractivity contribution in [3.8, 4) is 0 Å². The lowest BCUT2D eigenvalue weighted by Gasteiger charge is -2.24. The van der Waals surface area contributed by atoms with Crippen LogP contribution in [0, 0.1) is 5.92 Å². The number of amides is 2. The van der Waals surface area contributed by atoms with Crippen LogP contribution in [0.5, 0.6) is 0 Å². The normalized spacial score (nSPS) is 16.4. The number of likely N-dealkylation sites (N-methyl/N-ethyl adjacent to an activating group) is 1. The van der Waals surface area contributed by atoms with Crippen molar-refractivity contribution >= 4 is 11.8 Å². The molecular weight excluding hydrogens is 374 g/mol. The van der Waals surface area contributed by atoms with E-state index < -0.39 is 0 Å². The fraction of sp³-hybridized carbons (Fsp3) is 0.920. The topological polar surface area (TPSA) is 61.4 Å². The van der Waals surface area contributed by atoms with Crippen LogP contribution in [-0.4, -0.2) is 49.4 Å². The molecule has 2 amide bonds. The zero-order valence-corrected chi connectivity index (χ0v) is 20.1. The van der Waals surface area contributed by atoms with E-state index in [-0.39, 0.29) is 17.9 Å². The van der Waals surface area contributed by atoms with Gasteiger partial charge < -0.3 is 15.5 Å². The third-order valence-electron chi connectivity index (χ3n) is 6.22. The van der Waals surface area contributed by atoms with E-state index in [1.54, 1.807) is 0 Å². The number of likely N-dealkylation sites (tertiary alicyclic amines) is 1. The molecule has 1 saturated heterocycles. The Labute approximate surface area is 186 Å². The molecule has 0 aromatic carbocycles. The molecule has 1 fully saturated rings. The van der Waals surface area contributed by atoms with Crippen LogP contribution in [-0.2, 0) is 9.59 Å². The van der Waals surface area contributed by atoms with Crippen LogP contribution in [0.25, 0.3) is 0 Å². The quantitative estimate of drug-likeness (QED) is 0.304. The molecule has 176 valence electrons. The summed E-state index contributed by atoms with van der Waals surface area (Å²) in [4.78, 5) is 26.7. The smallest absolute Gasteiger partial charge is 0.242 e. The lowest BCUT2D eigenvalue weighted by Crippen LogP contribution is -2.47. The van der Waals surface area contributed by atoms with E-state index in [0.29, 0.717) is 13.0 Å². The SMILES string of the molecule is CNCCNC(=O)C1CCCN1C(=O)CCCCCCCCCCCCCC(C)C. The Balaban J connectivity index is 1.98. The lowest BCUT2D eigenvalue weighted by atomic mass is 10.0. The fourth-order valence-electron chi connectivity index (χ4n) is 4.33. The van der Waals surface area contributed by atoms with Crippen molar-refractivity contribution in [2.75, 3.05) is 26.7 Å². The molecule has 1 rings (SSSR count). The summed E-state index contributed by atoms with van der Waals surface area (Å²) in [6, 6.07) is -0.250. The highest BCUT2D eigenvalue weighted by molar-refractivity contribution is 5.88. The summed E-state index contributed by atoms with van der Waals surface area (Å²) < 4.78 is 0. The monoisotopic (exact) mass is 423 g/mol. The molecule has 2 N–H and O–H groups in total. The van der Waals surface area contributed by atoms with Crippen molar-refractivity contribution in [1.82, 2.24) is 15.5 Å². The van der Waals surface area contributed by atoms with Gasteiger partial charge >= 0.3 is 0 Å². The van der Waals surface area contributed by atoms with Crippen LogP contribution < -0.4 is 10.6 Å². The fourth-order valence-corrected chi connectivity index (χ4v) is 4.33. The van der Waals surface area contributed by atoms with Crippen molar-refractivity contribution in [3.63, 3.8) is 0 Å². The molecule has 1 unspecified atom stereocenters. The average molecular weight is 424 g/mol. The highest BCUT2D eigenvalue weighted by atomic mass is 16.2. The van der Waals surface area contributed by atoms with Gasteiger partial charge in [-0.15, -0.1) is 0 Å². The molecule has 0 aliphatic carbocycles. The highest BCUT2D eigenvalue weighted by Crippen LogP contribution is 2.20. The summed E-state index contributed by atoms with van der Waals surface area (Å²) in [6.07, 6.45) is 18.0.